The van der Waals surface area contributed by atoms with Crippen molar-refractivity contribution in [3.05, 3.63) is 71.2 Å². The summed E-state index contributed by atoms with van der Waals surface area (Å²) in [5.74, 6) is 1.30. The maximum atomic E-state index is 12.8. The summed E-state index contributed by atoms with van der Waals surface area (Å²) >= 11 is 0. The Morgan fingerprint density at radius 3 is 2.80 bits per heavy atom. The Morgan fingerprint density at radius 1 is 1.22 bits per heavy atom. The van der Waals surface area contributed by atoms with E-state index in [1.54, 1.807) is 25.4 Å². The van der Waals surface area contributed by atoms with Crippen LogP contribution in [0.3, 0.4) is 0 Å². The van der Waals surface area contributed by atoms with E-state index in [1.807, 2.05) is 17.0 Å². The van der Waals surface area contributed by atoms with Crippen LogP contribution in [0.5, 0.6) is 5.75 Å². The number of piperidine rings is 1. The van der Waals surface area contributed by atoms with Crippen LogP contribution in [0.4, 0.5) is 5.69 Å². The summed E-state index contributed by atoms with van der Waals surface area (Å²) in [6.07, 6.45) is 6.51. The van der Waals surface area contributed by atoms with E-state index in [9.17, 15) is 14.7 Å². The van der Waals surface area contributed by atoms with E-state index >= 15 is 0 Å². The van der Waals surface area contributed by atoms with Crippen molar-refractivity contribution in [2.75, 3.05) is 38.0 Å². The Kier molecular flexibility index (Phi) is 9.15. The number of carbonyl (C=O) groups is 2. The summed E-state index contributed by atoms with van der Waals surface area (Å²) in [5, 5.41) is 17.0. The number of hydrogen-bond donors (Lipinski definition) is 3. The smallest absolute Gasteiger partial charge is 0.270 e. The van der Waals surface area contributed by atoms with Crippen molar-refractivity contribution in [1.82, 2.24) is 25.1 Å². The number of likely N-dealkylation sites (tertiary alicyclic amines) is 1. The molecule has 1 aromatic carbocycles. The zero-order valence-corrected chi connectivity index (χ0v) is 23.6. The molecule has 1 fully saturated rings. The topological polar surface area (TPSA) is 133 Å². The maximum absolute atomic E-state index is 12.8. The average Bonchev–Trinajstić information content (AvgIpc) is 3.50. The third-order valence-electron chi connectivity index (χ3n) is 7.84. The van der Waals surface area contributed by atoms with Crippen molar-refractivity contribution in [2.45, 2.75) is 58.4 Å². The zero-order valence-electron chi connectivity index (χ0n) is 23.6. The highest BCUT2D eigenvalue weighted by molar-refractivity contribution is 5.93. The largest absolute Gasteiger partial charge is 0.485 e. The van der Waals surface area contributed by atoms with Gasteiger partial charge in [-0.1, -0.05) is 6.07 Å². The standard InChI is InChI=1S/C30H38N6O5/c1-20-27-8-10-35(16-22(27)3-4-29(20)40-18-26-15-31-19-41-26)17-25(38)14-33-30(39)28-13-24(5-9-32-28)34-23-6-11-36(12-7-23)21(2)37/h3-5,9,13,15,19,23,25,38H,6-8,10-12,14,16-18H2,1-2H3,(H,32,34)(H,33,39)/t25-/m0/s1. The second kappa shape index (κ2) is 13.1. The number of anilines is 1. The number of aliphatic hydroxyl groups excluding tert-OH is 1. The fourth-order valence-electron chi connectivity index (χ4n) is 5.53. The van der Waals surface area contributed by atoms with Crippen molar-refractivity contribution in [3.63, 3.8) is 0 Å². The van der Waals surface area contributed by atoms with E-state index in [1.165, 1.54) is 17.5 Å². The molecule has 2 amide bonds. The number of fused-ring (bicyclic) bond motifs is 1. The molecule has 2 aliphatic heterocycles. The van der Waals surface area contributed by atoms with E-state index in [4.69, 9.17) is 9.15 Å². The molecule has 41 heavy (non-hydrogen) atoms. The number of hydrogen-bond acceptors (Lipinski definition) is 9. The Bertz CT molecular complexity index is 1340. The Hall–Kier alpha value is -3.96. The lowest BCUT2D eigenvalue weighted by molar-refractivity contribution is -0.129. The number of aromatic nitrogens is 2. The number of nitrogens with one attached hydrogen (secondary N) is 2. The highest BCUT2D eigenvalue weighted by atomic mass is 16.5. The molecule has 3 N–H and O–H groups in total. The molecule has 1 saturated heterocycles. The van der Waals surface area contributed by atoms with Crippen LogP contribution in [0.25, 0.3) is 0 Å². The van der Waals surface area contributed by atoms with Gasteiger partial charge in [0.15, 0.2) is 12.2 Å². The number of pyridine rings is 1. The van der Waals surface area contributed by atoms with Crippen molar-refractivity contribution in [2.24, 2.45) is 0 Å². The number of oxazole rings is 1. The van der Waals surface area contributed by atoms with Crippen LogP contribution in [0.15, 0.2) is 47.5 Å². The number of carbonyl (C=O) groups excluding carboxylic acids is 2. The van der Waals surface area contributed by atoms with E-state index in [-0.39, 0.29) is 24.4 Å². The summed E-state index contributed by atoms with van der Waals surface area (Å²) in [7, 11) is 0. The SMILES string of the molecule is CC(=O)N1CCC(Nc2ccnc(C(=O)NC[C@H](O)CN3CCc4c(ccc(OCc5cnco5)c4C)C3)c2)CC1. The van der Waals surface area contributed by atoms with Gasteiger partial charge in [0.1, 0.15) is 18.1 Å². The van der Waals surface area contributed by atoms with Crippen LogP contribution >= 0.6 is 0 Å². The predicted molar refractivity (Wildman–Crippen MR) is 152 cm³/mol. The predicted octanol–water partition coefficient (Wildman–Crippen LogP) is 2.53. The number of β-amino-alcohol motifs (C(OH)–C–C–N with tert-alkyl or cyclic N) is 1. The molecular formula is C30H38N6O5. The number of amides is 2. The molecule has 3 aromatic rings. The van der Waals surface area contributed by atoms with E-state index in [2.05, 4.69) is 38.5 Å². The van der Waals surface area contributed by atoms with Crippen LogP contribution in [0.1, 0.15) is 52.7 Å². The first-order valence-electron chi connectivity index (χ1n) is 14.1. The van der Waals surface area contributed by atoms with Crippen molar-refractivity contribution in [1.29, 1.82) is 0 Å². The number of rotatable bonds is 10. The minimum absolute atomic E-state index is 0.105. The second-order valence-electron chi connectivity index (χ2n) is 10.8. The molecule has 5 rings (SSSR count). The molecule has 2 aromatic heterocycles. The van der Waals surface area contributed by atoms with Gasteiger partial charge in [-0.15, -0.1) is 0 Å². The van der Waals surface area contributed by atoms with Crippen molar-refractivity contribution >= 4 is 17.5 Å². The number of aliphatic hydroxyl groups is 1. The van der Waals surface area contributed by atoms with E-state index < -0.39 is 6.10 Å². The molecule has 0 radical (unpaired) electrons. The summed E-state index contributed by atoms with van der Waals surface area (Å²) < 4.78 is 11.2. The van der Waals surface area contributed by atoms with E-state index in [0.717, 1.165) is 62.4 Å². The van der Waals surface area contributed by atoms with Crippen molar-refractivity contribution < 1.29 is 23.8 Å². The third-order valence-corrected chi connectivity index (χ3v) is 7.84. The normalized spacial score (nSPS) is 16.6. The van der Waals surface area contributed by atoms with Gasteiger partial charge < -0.3 is 29.8 Å². The fraction of sp³-hybridized carbons (Fsp3) is 0.467. The van der Waals surface area contributed by atoms with Crippen LogP contribution in [-0.4, -0.2) is 81.6 Å². The molecule has 11 nitrogen and oxygen atoms in total. The monoisotopic (exact) mass is 562 g/mol. The quantitative estimate of drug-likeness (QED) is 0.341. The molecule has 0 unspecified atom stereocenters. The van der Waals surface area contributed by atoms with Crippen LogP contribution < -0.4 is 15.4 Å². The molecule has 0 saturated carbocycles. The first-order valence-corrected chi connectivity index (χ1v) is 14.1. The number of nitrogens with zero attached hydrogens (tertiary/aromatic N) is 4. The Balaban J connectivity index is 1.07. The van der Waals surface area contributed by atoms with Gasteiger partial charge in [0.25, 0.3) is 5.91 Å². The highest BCUT2D eigenvalue weighted by Crippen LogP contribution is 2.30. The van der Waals surface area contributed by atoms with Crippen molar-refractivity contribution in [3.8, 4) is 5.75 Å². The van der Waals surface area contributed by atoms with Gasteiger partial charge in [-0.3, -0.25) is 19.5 Å². The molecule has 1 atom stereocenters. The lowest BCUT2D eigenvalue weighted by Crippen LogP contribution is -2.42. The Morgan fingerprint density at radius 2 is 2.05 bits per heavy atom. The minimum Gasteiger partial charge on any atom is -0.485 e. The highest BCUT2D eigenvalue weighted by Gasteiger charge is 2.23. The van der Waals surface area contributed by atoms with Gasteiger partial charge in [-0.2, -0.15) is 0 Å². The van der Waals surface area contributed by atoms with Crippen LogP contribution in [-0.2, 0) is 24.4 Å². The minimum atomic E-state index is -0.709. The summed E-state index contributed by atoms with van der Waals surface area (Å²) in [5.41, 5.74) is 4.74. The maximum Gasteiger partial charge on any atom is 0.270 e. The molecule has 0 aliphatic carbocycles. The zero-order chi connectivity index (χ0) is 28.8. The summed E-state index contributed by atoms with van der Waals surface area (Å²) in [4.78, 5) is 36.5. The van der Waals surface area contributed by atoms with Crippen LogP contribution in [0.2, 0.25) is 0 Å². The molecule has 11 heteroatoms. The molecule has 0 spiro atoms. The fourth-order valence-corrected chi connectivity index (χ4v) is 5.53. The number of ether oxygens (including phenoxy) is 1. The van der Waals surface area contributed by atoms with Gasteiger partial charge in [-0.05, 0) is 61.1 Å². The Labute approximate surface area is 239 Å². The third kappa shape index (κ3) is 7.42. The van der Waals surface area contributed by atoms with Gasteiger partial charge >= 0.3 is 0 Å². The van der Waals surface area contributed by atoms with Crippen LogP contribution in [0, 0.1) is 6.92 Å². The summed E-state index contributed by atoms with van der Waals surface area (Å²) in [6, 6.07) is 7.87. The van der Waals surface area contributed by atoms with Gasteiger partial charge in [0.05, 0.1) is 12.3 Å². The van der Waals surface area contributed by atoms with Gasteiger partial charge in [0.2, 0.25) is 5.91 Å². The molecule has 4 heterocycles. The average molecular weight is 563 g/mol. The molecular weight excluding hydrogens is 524 g/mol. The number of benzene rings is 1. The first-order chi connectivity index (χ1) is 19.9. The first kappa shape index (κ1) is 28.6. The van der Waals surface area contributed by atoms with E-state index in [0.29, 0.717) is 24.6 Å². The lowest BCUT2D eigenvalue weighted by Gasteiger charge is -2.32. The lowest BCUT2D eigenvalue weighted by atomic mass is 9.94. The molecule has 2 aliphatic rings. The van der Waals surface area contributed by atoms with Gasteiger partial charge in [-0.25, -0.2) is 4.98 Å². The molecule has 218 valence electrons. The second-order valence-corrected chi connectivity index (χ2v) is 10.8. The molecule has 0 bridgehead atoms. The summed E-state index contributed by atoms with van der Waals surface area (Å²) in [6.45, 7) is 7.59. The van der Waals surface area contributed by atoms with Gasteiger partial charge in [0, 0.05) is 64.1 Å².